The molecule has 5 heteroatoms. The van der Waals surface area contributed by atoms with Crippen LogP contribution in [0.25, 0.3) is 0 Å². The number of halogens is 4. The van der Waals surface area contributed by atoms with Gasteiger partial charge in [-0.05, 0) is 23.6 Å². The van der Waals surface area contributed by atoms with Crippen molar-refractivity contribution in [2.75, 3.05) is 6.54 Å². The predicted molar refractivity (Wildman–Crippen MR) is 67.9 cm³/mol. The summed E-state index contributed by atoms with van der Waals surface area (Å²) in [6.07, 6.45) is -3.69. The molecule has 1 aromatic rings. The SMILES string of the molecule is CCNC(c1ccc(C(C)C)cc1)C(F)(F)C(F)F. The molecule has 0 bridgehead atoms. The highest BCUT2D eigenvalue weighted by molar-refractivity contribution is 5.28. The quantitative estimate of drug-likeness (QED) is 0.762. The van der Waals surface area contributed by atoms with Crippen LogP contribution in [0, 0.1) is 0 Å². The van der Waals surface area contributed by atoms with Crippen LogP contribution in [-0.4, -0.2) is 18.9 Å². The molecule has 108 valence electrons. The molecule has 0 aliphatic rings. The van der Waals surface area contributed by atoms with Crippen molar-refractivity contribution >= 4 is 0 Å². The lowest BCUT2D eigenvalue weighted by Gasteiger charge is -2.27. The normalized spacial score (nSPS) is 14.2. The largest absolute Gasteiger partial charge is 0.326 e. The fraction of sp³-hybridized carbons (Fsp3) is 0.571. The van der Waals surface area contributed by atoms with E-state index in [4.69, 9.17) is 0 Å². The van der Waals surface area contributed by atoms with E-state index in [1.165, 1.54) is 12.1 Å². The van der Waals surface area contributed by atoms with Gasteiger partial charge in [0.25, 0.3) is 0 Å². The zero-order valence-electron chi connectivity index (χ0n) is 11.3. The summed E-state index contributed by atoms with van der Waals surface area (Å²) in [5, 5.41) is 2.44. The van der Waals surface area contributed by atoms with Crippen molar-refractivity contribution in [1.82, 2.24) is 5.32 Å². The molecule has 0 spiro atoms. The molecule has 0 saturated carbocycles. The van der Waals surface area contributed by atoms with Crippen LogP contribution < -0.4 is 5.32 Å². The molecule has 0 heterocycles. The Labute approximate surface area is 111 Å². The van der Waals surface area contributed by atoms with Gasteiger partial charge in [-0.3, -0.25) is 0 Å². The van der Waals surface area contributed by atoms with Gasteiger partial charge in [-0.25, -0.2) is 8.78 Å². The second-order valence-corrected chi connectivity index (χ2v) is 4.79. The van der Waals surface area contributed by atoms with Crippen LogP contribution in [-0.2, 0) is 0 Å². The lowest BCUT2D eigenvalue weighted by atomic mass is 9.96. The van der Waals surface area contributed by atoms with Crippen molar-refractivity contribution in [3.05, 3.63) is 35.4 Å². The third kappa shape index (κ3) is 3.69. The number of alkyl halides is 4. The maximum Gasteiger partial charge on any atom is 0.326 e. The highest BCUT2D eigenvalue weighted by atomic mass is 19.3. The van der Waals surface area contributed by atoms with Gasteiger partial charge in [-0.1, -0.05) is 45.0 Å². The van der Waals surface area contributed by atoms with Gasteiger partial charge >= 0.3 is 12.3 Å². The minimum absolute atomic E-state index is 0.177. The number of hydrogen-bond donors (Lipinski definition) is 1. The van der Waals surface area contributed by atoms with Crippen LogP contribution >= 0.6 is 0 Å². The van der Waals surface area contributed by atoms with Crippen molar-refractivity contribution in [2.24, 2.45) is 0 Å². The molecule has 0 aliphatic carbocycles. The van der Waals surface area contributed by atoms with E-state index >= 15 is 0 Å². The van der Waals surface area contributed by atoms with Gasteiger partial charge in [0.05, 0.1) is 0 Å². The topological polar surface area (TPSA) is 12.0 Å². The van der Waals surface area contributed by atoms with E-state index in [0.29, 0.717) is 0 Å². The standard InChI is InChI=1S/C14H19F4N/c1-4-19-12(14(17,18)13(15)16)11-7-5-10(6-8-11)9(2)3/h5-9,12-13,19H,4H2,1-3H3. The molecule has 0 amide bonds. The van der Waals surface area contributed by atoms with Crippen molar-refractivity contribution in [3.8, 4) is 0 Å². The van der Waals surface area contributed by atoms with Crippen LogP contribution in [0.1, 0.15) is 43.9 Å². The highest BCUT2D eigenvalue weighted by Gasteiger charge is 2.49. The molecular formula is C14H19F4N. The second kappa shape index (κ2) is 6.37. The molecule has 1 rings (SSSR count). The first-order chi connectivity index (χ1) is 8.80. The molecule has 1 aromatic carbocycles. The average Bonchev–Trinajstić information content (AvgIpc) is 2.35. The molecule has 0 saturated heterocycles. The number of benzene rings is 1. The molecule has 0 aliphatic heterocycles. The van der Waals surface area contributed by atoms with Gasteiger partial charge < -0.3 is 5.32 Å². The zero-order valence-corrected chi connectivity index (χ0v) is 11.3. The molecule has 1 unspecified atom stereocenters. The summed E-state index contributed by atoms with van der Waals surface area (Å²) in [4.78, 5) is 0. The van der Waals surface area contributed by atoms with Gasteiger partial charge in [0, 0.05) is 0 Å². The number of rotatable bonds is 6. The van der Waals surface area contributed by atoms with Crippen LogP contribution in [0.4, 0.5) is 17.6 Å². The average molecular weight is 277 g/mol. The smallest absolute Gasteiger partial charge is 0.305 e. The summed E-state index contributed by atoms with van der Waals surface area (Å²) in [5.41, 5.74) is 1.16. The van der Waals surface area contributed by atoms with Gasteiger partial charge in [0.15, 0.2) is 0 Å². The highest BCUT2D eigenvalue weighted by Crippen LogP contribution is 2.36. The predicted octanol–water partition coefficient (Wildman–Crippen LogP) is 4.36. The molecule has 1 atom stereocenters. The van der Waals surface area contributed by atoms with E-state index in [0.717, 1.165) is 5.56 Å². The summed E-state index contributed by atoms with van der Waals surface area (Å²) in [5.74, 6) is -3.82. The molecule has 0 aromatic heterocycles. The van der Waals surface area contributed by atoms with Crippen LogP contribution in [0.2, 0.25) is 0 Å². The van der Waals surface area contributed by atoms with Gasteiger partial charge in [-0.2, -0.15) is 8.78 Å². The third-order valence-electron chi connectivity index (χ3n) is 3.02. The fourth-order valence-corrected chi connectivity index (χ4v) is 1.88. The summed E-state index contributed by atoms with van der Waals surface area (Å²) in [6, 6.07) is 4.70. The van der Waals surface area contributed by atoms with Gasteiger partial charge in [0.1, 0.15) is 6.04 Å². The summed E-state index contributed by atoms with van der Waals surface area (Å²) in [7, 11) is 0. The third-order valence-corrected chi connectivity index (χ3v) is 3.02. The Hall–Kier alpha value is -1.10. The van der Waals surface area contributed by atoms with Crippen molar-refractivity contribution in [3.63, 3.8) is 0 Å². The van der Waals surface area contributed by atoms with Crippen molar-refractivity contribution in [1.29, 1.82) is 0 Å². The Kier molecular flexibility index (Phi) is 5.35. The summed E-state index contributed by atoms with van der Waals surface area (Å²) < 4.78 is 52.0. The molecular weight excluding hydrogens is 258 g/mol. The minimum atomic E-state index is -4.09. The van der Waals surface area contributed by atoms with Gasteiger partial charge in [0.2, 0.25) is 0 Å². The number of nitrogens with one attached hydrogen (secondary N) is 1. The van der Waals surface area contributed by atoms with Crippen LogP contribution in [0.5, 0.6) is 0 Å². The van der Waals surface area contributed by atoms with E-state index < -0.39 is 18.4 Å². The molecule has 0 fully saturated rings. The van der Waals surface area contributed by atoms with Gasteiger partial charge in [-0.15, -0.1) is 0 Å². The first-order valence-corrected chi connectivity index (χ1v) is 6.29. The van der Waals surface area contributed by atoms with Crippen LogP contribution in [0.15, 0.2) is 24.3 Å². The molecule has 19 heavy (non-hydrogen) atoms. The lowest BCUT2D eigenvalue weighted by molar-refractivity contribution is -0.151. The fourth-order valence-electron chi connectivity index (χ4n) is 1.88. The summed E-state index contributed by atoms with van der Waals surface area (Å²) in [6.45, 7) is 5.75. The van der Waals surface area contributed by atoms with E-state index in [1.54, 1.807) is 19.1 Å². The molecule has 0 radical (unpaired) electrons. The van der Waals surface area contributed by atoms with Crippen LogP contribution in [0.3, 0.4) is 0 Å². The Morgan fingerprint density at radius 1 is 1.05 bits per heavy atom. The maximum atomic E-state index is 13.5. The molecule has 1 N–H and O–H groups in total. The zero-order chi connectivity index (χ0) is 14.6. The Bertz CT molecular complexity index is 387. The minimum Gasteiger partial charge on any atom is -0.305 e. The Balaban J connectivity index is 3.06. The lowest BCUT2D eigenvalue weighted by Crippen LogP contribution is -2.42. The Morgan fingerprint density at radius 3 is 1.89 bits per heavy atom. The van der Waals surface area contributed by atoms with E-state index in [-0.39, 0.29) is 18.0 Å². The summed E-state index contributed by atoms with van der Waals surface area (Å²) >= 11 is 0. The second-order valence-electron chi connectivity index (χ2n) is 4.79. The molecule has 1 nitrogen and oxygen atoms in total. The van der Waals surface area contributed by atoms with E-state index in [9.17, 15) is 17.6 Å². The first-order valence-electron chi connectivity index (χ1n) is 6.29. The van der Waals surface area contributed by atoms with Crippen molar-refractivity contribution < 1.29 is 17.6 Å². The van der Waals surface area contributed by atoms with E-state index in [1.807, 2.05) is 13.8 Å². The Morgan fingerprint density at radius 2 is 1.53 bits per heavy atom. The maximum absolute atomic E-state index is 13.5. The van der Waals surface area contributed by atoms with Crippen molar-refractivity contribution in [2.45, 2.75) is 45.1 Å². The number of hydrogen-bond acceptors (Lipinski definition) is 1. The monoisotopic (exact) mass is 277 g/mol. The van der Waals surface area contributed by atoms with E-state index in [2.05, 4.69) is 5.32 Å². The first kappa shape index (κ1) is 16.0.